The Morgan fingerprint density at radius 3 is 1.84 bits per heavy atom. The van der Waals surface area contributed by atoms with Gasteiger partial charge < -0.3 is 0 Å². The van der Waals surface area contributed by atoms with Gasteiger partial charge in [-0.15, -0.1) is 0 Å². The summed E-state index contributed by atoms with van der Waals surface area (Å²) in [6, 6.07) is 19.2. The van der Waals surface area contributed by atoms with Crippen LogP contribution in [-0.2, 0) is 0 Å². The molecule has 0 aliphatic carbocycles. The summed E-state index contributed by atoms with van der Waals surface area (Å²) in [7, 11) is 0. The molecule has 0 amide bonds. The summed E-state index contributed by atoms with van der Waals surface area (Å²) in [6.45, 7) is 16.5. The zero-order chi connectivity index (χ0) is 18.1. The number of rotatable bonds is 10. The summed E-state index contributed by atoms with van der Waals surface area (Å²) in [5.41, 5.74) is 5.04. The molecule has 0 aliphatic rings. The average Bonchev–Trinajstić information content (AvgIpc) is 2.63. The normalized spacial score (nSPS) is 10.9. The Morgan fingerprint density at radius 1 is 0.760 bits per heavy atom. The molecule has 0 aliphatic heterocycles. The zero-order valence-electron chi connectivity index (χ0n) is 15.1. The van der Waals surface area contributed by atoms with Crippen molar-refractivity contribution >= 4 is 24.0 Å². The van der Waals surface area contributed by atoms with Gasteiger partial charge in [-0.25, -0.2) is 0 Å². The van der Waals surface area contributed by atoms with Crippen molar-refractivity contribution in [2.45, 2.75) is 17.7 Å². The van der Waals surface area contributed by atoms with Crippen molar-refractivity contribution in [3.05, 3.63) is 105 Å². The molecule has 0 spiro atoms. The predicted octanol–water partition coefficient (Wildman–Crippen LogP) is 7.37. The van der Waals surface area contributed by atoms with E-state index in [0.29, 0.717) is 0 Å². The molecule has 0 atom stereocenters. The summed E-state index contributed by atoms with van der Waals surface area (Å²) in [6.07, 6.45) is 6.29. The second-order valence-electron chi connectivity index (χ2n) is 6.67. The Hall–Kier alpha value is -1.80. The first kappa shape index (κ1) is 19.5. The fourth-order valence-electron chi connectivity index (χ4n) is 3.59. The average molecular weight is 435 g/mol. The number of benzene rings is 2. The van der Waals surface area contributed by atoms with Crippen molar-refractivity contribution in [2.24, 2.45) is 0 Å². The molecule has 0 radical (unpaired) electrons. The van der Waals surface area contributed by atoms with Gasteiger partial charge >= 0.3 is 158 Å². The van der Waals surface area contributed by atoms with E-state index < -0.39 is 18.4 Å². The molecular weight excluding hydrogens is 407 g/mol. The molecule has 0 aromatic heterocycles. The SMILES string of the molecule is C=C[CH2][Sn]([CH2]C=C)([CH2]C=C)[CH2]C(=C)c1ccccc1-c1ccccc1. The zero-order valence-corrected chi connectivity index (χ0v) is 17.9. The summed E-state index contributed by atoms with van der Waals surface area (Å²) in [5, 5.41) is 0. The van der Waals surface area contributed by atoms with E-state index >= 15 is 0 Å². The van der Waals surface area contributed by atoms with Crippen LogP contribution in [0, 0.1) is 0 Å². The Bertz CT molecular complexity index is 713. The van der Waals surface area contributed by atoms with E-state index in [1.54, 1.807) is 0 Å². The van der Waals surface area contributed by atoms with E-state index in [1.165, 1.54) is 22.3 Å². The van der Waals surface area contributed by atoms with Gasteiger partial charge in [0.15, 0.2) is 0 Å². The minimum absolute atomic E-state index is 1.11. The Labute approximate surface area is 157 Å². The summed E-state index contributed by atoms with van der Waals surface area (Å²) in [4.78, 5) is 0. The molecule has 0 N–H and O–H groups in total. The number of hydrogen-bond donors (Lipinski definition) is 0. The Morgan fingerprint density at radius 2 is 1.28 bits per heavy atom. The van der Waals surface area contributed by atoms with Gasteiger partial charge in [0.1, 0.15) is 0 Å². The predicted molar refractivity (Wildman–Crippen MR) is 116 cm³/mol. The van der Waals surface area contributed by atoms with Gasteiger partial charge in [-0.1, -0.05) is 0 Å². The van der Waals surface area contributed by atoms with E-state index in [2.05, 4.69) is 99.1 Å². The topological polar surface area (TPSA) is 0 Å². The molecule has 25 heavy (non-hydrogen) atoms. The molecule has 0 saturated carbocycles. The van der Waals surface area contributed by atoms with Gasteiger partial charge in [0, 0.05) is 0 Å². The van der Waals surface area contributed by atoms with Crippen LogP contribution >= 0.6 is 0 Å². The van der Waals surface area contributed by atoms with Gasteiger partial charge in [-0.3, -0.25) is 0 Å². The molecule has 2 aromatic rings. The first-order chi connectivity index (χ1) is 12.2. The quantitative estimate of drug-likeness (QED) is 0.270. The number of allylic oxidation sites excluding steroid dienone is 4. The molecule has 0 saturated heterocycles. The molecule has 0 bridgehead atoms. The van der Waals surface area contributed by atoms with Gasteiger partial charge in [-0.2, -0.15) is 0 Å². The molecule has 2 rings (SSSR count). The van der Waals surface area contributed by atoms with Crippen LogP contribution in [0.3, 0.4) is 0 Å². The molecule has 2 aromatic carbocycles. The monoisotopic (exact) mass is 436 g/mol. The molecule has 0 nitrogen and oxygen atoms in total. The van der Waals surface area contributed by atoms with E-state index in [0.717, 1.165) is 17.7 Å². The van der Waals surface area contributed by atoms with Crippen LogP contribution < -0.4 is 0 Å². The maximum absolute atomic E-state index is 4.49. The standard InChI is InChI=1S/C15H13.3C3H5.Sn/c1-12(2)14-10-6-7-11-15(14)13-8-4-3-5-9-13;3*1-3-2;/h3-11H,1-2H2;3*3H,1-2H2;. The second-order valence-corrected chi connectivity index (χ2v) is 19.7. The van der Waals surface area contributed by atoms with E-state index in [1.807, 2.05) is 0 Å². The van der Waals surface area contributed by atoms with Crippen molar-refractivity contribution in [3.63, 3.8) is 0 Å². The number of hydrogen-bond acceptors (Lipinski definition) is 0. The van der Waals surface area contributed by atoms with Crippen molar-refractivity contribution in [1.82, 2.24) is 0 Å². The summed E-state index contributed by atoms with van der Waals surface area (Å²) < 4.78 is 4.53. The molecule has 1 heteroatoms. The first-order valence-electron chi connectivity index (χ1n) is 8.81. The fraction of sp³-hybridized carbons (Fsp3) is 0.167. The molecule has 0 heterocycles. The molecule has 0 unspecified atom stereocenters. The summed E-state index contributed by atoms with van der Waals surface area (Å²) in [5.74, 6) is 0. The van der Waals surface area contributed by atoms with Crippen LogP contribution in [0.4, 0.5) is 0 Å². The molecular formula is C24H28Sn. The van der Waals surface area contributed by atoms with Gasteiger partial charge in [-0.05, 0) is 0 Å². The van der Waals surface area contributed by atoms with Gasteiger partial charge in [0.05, 0.1) is 0 Å². The second kappa shape index (κ2) is 9.62. The Kier molecular flexibility index (Phi) is 7.51. The molecule has 128 valence electrons. The van der Waals surface area contributed by atoms with Crippen LogP contribution in [0.15, 0.2) is 99.1 Å². The third-order valence-electron chi connectivity index (χ3n) is 4.71. The van der Waals surface area contributed by atoms with Crippen LogP contribution in [0.5, 0.6) is 0 Å². The first-order valence-corrected chi connectivity index (χ1v) is 16.9. The third kappa shape index (κ3) is 5.09. The third-order valence-corrected chi connectivity index (χ3v) is 18.0. The van der Waals surface area contributed by atoms with Crippen molar-refractivity contribution < 1.29 is 0 Å². The van der Waals surface area contributed by atoms with Gasteiger partial charge in [0.2, 0.25) is 0 Å². The van der Waals surface area contributed by atoms with Crippen LogP contribution in [0.1, 0.15) is 5.56 Å². The van der Waals surface area contributed by atoms with E-state index in [4.69, 9.17) is 0 Å². The van der Waals surface area contributed by atoms with E-state index in [9.17, 15) is 0 Å². The fourth-order valence-corrected chi connectivity index (χ4v) is 14.6. The maximum atomic E-state index is 4.49. The van der Waals surface area contributed by atoms with E-state index in [-0.39, 0.29) is 0 Å². The summed E-state index contributed by atoms with van der Waals surface area (Å²) >= 11 is -2.48. The Balaban J connectivity index is 2.38. The van der Waals surface area contributed by atoms with Crippen molar-refractivity contribution in [3.8, 4) is 11.1 Å². The molecule has 0 fully saturated rings. The van der Waals surface area contributed by atoms with Gasteiger partial charge in [0.25, 0.3) is 0 Å². The van der Waals surface area contributed by atoms with Crippen LogP contribution in [0.2, 0.25) is 17.7 Å². The van der Waals surface area contributed by atoms with Crippen molar-refractivity contribution in [1.29, 1.82) is 0 Å². The minimum atomic E-state index is -2.48. The van der Waals surface area contributed by atoms with Crippen LogP contribution in [-0.4, -0.2) is 18.4 Å². The van der Waals surface area contributed by atoms with Crippen molar-refractivity contribution in [2.75, 3.05) is 0 Å². The van der Waals surface area contributed by atoms with Crippen LogP contribution in [0.25, 0.3) is 16.7 Å².